The zero-order valence-electron chi connectivity index (χ0n) is 14.9. The van der Waals surface area contributed by atoms with Crippen LogP contribution < -0.4 is 5.32 Å². The number of carbonyl (C=O) groups is 1. The summed E-state index contributed by atoms with van der Waals surface area (Å²) in [5.74, 6) is -0.262. The molecule has 1 aliphatic rings. The second-order valence-electron chi connectivity index (χ2n) is 6.76. The molecule has 2 aromatic carbocycles. The summed E-state index contributed by atoms with van der Waals surface area (Å²) < 4.78 is 12.9. The molecule has 0 aromatic heterocycles. The van der Waals surface area contributed by atoms with Crippen LogP contribution in [0.1, 0.15) is 24.0 Å². The molecule has 26 heavy (non-hydrogen) atoms. The normalized spacial score (nSPS) is 16.0. The average molecular weight is 352 g/mol. The number of hydrogen-bond acceptors (Lipinski definition) is 2. The lowest BCUT2D eigenvalue weighted by atomic mass is 10.0. The van der Waals surface area contributed by atoms with Crippen molar-refractivity contribution in [3.05, 3.63) is 77.6 Å². The quantitative estimate of drug-likeness (QED) is 0.860. The van der Waals surface area contributed by atoms with Gasteiger partial charge in [0.2, 0.25) is 5.91 Å². The topological polar surface area (TPSA) is 32.3 Å². The molecule has 1 N–H and O–H groups in total. The Hall–Kier alpha value is -2.46. The van der Waals surface area contributed by atoms with E-state index in [9.17, 15) is 9.18 Å². The molecule has 0 aliphatic carbocycles. The van der Waals surface area contributed by atoms with Crippen molar-refractivity contribution in [3.63, 3.8) is 0 Å². The number of amides is 1. The zero-order valence-corrected chi connectivity index (χ0v) is 14.9. The zero-order chi connectivity index (χ0) is 18.2. The fraction of sp³-hybridized carbons (Fsp3) is 0.318. The second-order valence-corrected chi connectivity index (χ2v) is 6.76. The number of nitrogens with one attached hydrogen (secondary N) is 1. The Kier molecular flexibility index (Phi) is 6.56. The molecule has 0 saturated carbocycles. The van der Waals surface area contributed by atoms with Crippen molar-refractivity contribution < 1.29 is 9.18 Å². The molecular weight excluding hydrogens is 327 g/mol. The van der Waals surface area contributed by atoms with Crippen molar-refractivity contribution in [2.45, 2.75) is 25.3 Å². The van der Waals surface area contributed by atoms with Crippen molar-refractivity contribution in [1.82, 2.24) is 10.2 Å². The molecule has 1 heterocycles. The van der Waals surface area contributed by atoms with E-state index in [1.165, 1.54) is 17.7 Å². The molecular formula is C22H25FN2O. The number of carbonyl (C=O) groups excluding carboxylic acids is 1. The Morgan fingerprint density at radius 2 is 1.77 bits per heavy atom. The monoisotopic (exact) mass is 352 g/mol. The molecule has 1 fully saturated rings. The van der Waals surface area contributed by atoms with Crippen molar-refractivity contribution in [1.29, 1.82) is 0 Å². The maximum absolute atomic E-state index is 12.9. The van der Waals surface area contributed by atoms with Crippen LogP contribution in [0, 0.1) is 5.82 Å². The van der Waals surface area contributed by atoms with Gasteiger partial charge in [0.15, 0.2) is 0 Å². The van der Waals surface area contributed by atoms with Crippen molar-refractivity contribution >= 4 is 12.0 Å². The lowest BCUT2D eigenvalue weighted by molar-refractivity contribution is -0.121. The van der Waals surface area contributed by atoms with Crippen molar-refractivity contribution in [2.75, 3.05) is 19.6 Å². The van der Waals surface area contributed by atoms with Gasteiger partial charge in [0, 0.05) is 25.7 Å². The highest BCUT2D eigenvalue weighted by Gasteiger charge is 2.19. The van der Waals surface area contributed by atoms with E-state index in [1.54, 1.807) is 12.1 Å². The molecule has 0 bridgehead atoms. The van der Waals surface area contributed by atoms with Crippen LogP contribution in [0.4, 0.5) is 4.39 Å². The number of rotatable bonds is 6. The minimum absolute atomic E-state index is 0.0130. The lowest BCUT2D eigenvalue weighted by Gasteiger charge is -2.31. The number of nitrogens with zero attached hydrogens (tertiary/aromatic N) is 1. The molecule has 0 spiro atoms. The average Bonchev–Trinajstić information content (AvgIpc) is 2.66. The molecule has 1 saturated heterocycles. The summed E-state index contributed by atoms with van der Waals surface area (Å²) >= 11 is 0. The smallest absolute Gasteiger partial charge is 0.224 e. The lowest BCUT2D eigenvalue weighted by Crippen LogP contribution is -2.45. The Morgan fingerprint density at radius 3 is 2.46 bits per heavy atom. The van der Waals surface area contributed by atoms with Crippen molar-refractivity contribution in [3.8, 4) is 0 Å². The molecule has 1 aliphatic heterocycles. The maximum Gasteiger partial charge on any atom is 0.224 e. The third-order valence-corrected chi connectivity index (χ3v) is 4.70. The second kappa shape index (κ2) is 9.30. The highest BCUT2D eigenvalue weighted by atomic mass is 19.1. The van der Waals surface area contributed by atoms with E-state index in [-0.39, 0.29) is 17.8 Å². The summed E-state index contributed by atoms with van der Waals surface area (Å²) in [7, 11) is 0. The number of piperidine rings is 1. The summed E-state index contributed by atoms with van der Waals surface area (Å²) in [6.45, 7) is 2.91. The molecule has 2 aromatic rings. The summed E-state index contributed by atoms with van der Waals surface area (Å²) in [4.78, 5) is 14.6. The summed E-state index contributed by atoms with van der Waals surface area (Å²) in [5.41, 5.74) is 2.06. The highest BCUT2D eigenvalue weighted by molar-refractivity contribution is 5.78. The summed E-state index contributed by atoms with van der Waals surface area (Å²) in [6, 6.07) is 16.6. The minimum Gasteiger partial charge on any atom is -0.353 e. The first kappa shape index (κ1) is 18.3. The number of halogens is 1. The Morgan fingerprint density at radius 1 is 1.08 bits per heavy atom. The van der Waals surface area contributed by atoms with Gasteiger partial charge in [0.1, 0.15) is 5.82 Å². The number of hydrogen-bond donors (Lipinski definition) is 1. The minimum atomic E-state index is -0.275. The SMILES string of the molecule is O=C(Cc1ccc(F)cc1)NC1CCN(C/C=C/c2ccccc2)CC1. The van der Waals surface area contributed by atoms with Crippen LogP contribution in [0.2, 0.25) is 0 Å². The molecule has 0 radical (unpaired) electrons. The molecule has 0 atom stereocenters. The van der Waals surface area contributed by atoms with Gasteiger partial charge in [-0.25, -0.2) is 4.39 Å². The molecule has 4 heteroatoms. The molecule has 1 amide bonds. The number of benzene rings is 2. The van der Waals surface area contributed by atoms with Gasteiger partial charge in [-0.3, -0.25) is 9.69 Å². The third-order valence-electron chi connectivity index (χ3n) is 4.70. The molecule has 3 nitrogen and oxygen atoms in total. The van der Waals surface area contributed by atoms with Crippen LogP contribution in [-0.4, -0.2) is 36.5 Å². The molecule has 3 rings (SSSR count). The highest BCUT2D eigenvalue weighted by Crippen LogP contribution is 2.11. The van der Waals surface area contributed by atoms with Gasteiger partial charge >= 0.3 is 0 Å². The first-order chi connectivity index (χ1) is 12.7. The van der Waals surface area contributed by atoms with Gasteiger partial charge in [-0.1, -0.05) is 54.6 Å². The van der Waals surface area contributed by atoms with Gasteiger partial charge in [-0.15, -0.1) is 0 Å². The van der Waals surface area contributed by atoms with Gasteiger partial charge in [-0.2, -0.15) is 0 Å². The summed E-state index contributed by atoms with van der Waals surface area (Å²) in [5, 5.41) is 3.11. The summed E-state index contributed by atoms with van der Waals surface area (Å²) in [6.07, 6.45) is 6.59. The van der Waals surface area contributed by atoms with Gasteiger partial charge in [0.25, 0.3) is 0 Å². The van der Waals surface area contributed by atoms with Crippen LogP contribution in [0.3, 0.4) is 0 Å². The van der Waals surface area contributed by atoms with Crippen LogP contribution in [0.25, 0.3) is 6.08 Å². The standard InChI is InChI=1S/C22H25FN2O/c23-20-10-8-19(9-11-20)17-22(26)24-21-12-15-25(16-13-21)14-4-7-18-5-2-1-3-6-18/h1-11,21H,12-17H2,(H,24,26)/b7-4+. The Bertz CT molecular complexity index is 720. The predicted molar refractivity (Wildman–Crippen MR) is 103 cm³/mol. The van der Waals surface area contributed by atoms with E-state index in [0.29, 0.717) is 6.42 Å². The number of likely N-dealkylation sites (tertiary alicyclic amines) is 1. The van der Waals surface area contributed by atoms with Crippen LogP contribution >= 0.6 is 0 Å². The maximum atomic E-state index is 12.9. The van der Waals surface area contributed by atoms with Gasteiger partial charge in [0.05, 0.1) is 6.42 Å². The fourth-order valence-electron chi connectivity index (χ4n) is 3.23. The van der Waals surface area contributed by atoms with E-state index in [1.807, 2.05) is 18.2 Å². The van der Waals surface area contributed by atoms with Gasteiger partial charge < -0.3 is 5.32 Å². The van der Waals surface area contributed by atoms with Crippen molar-refractivity contribution in [2.24, 2.45) is 0 Å². The Labute approximate surface area is 154 Å². The fourth-order valence-corrected chi connectivity index (χ4v) is 3.23. The Balaban J connectivity index is 1.37. The molecule has 0 unspecified atom stereocenters. The van der Waals surface area contributed by atoms with Crippen LogP contribution in [-0.2, 0) is 11.2 Å². The van der Waals surface area contributed by atoms with E-state index in [4.69, 9.17) is 0 Å². The predicted octanol–water partition coefficient (Wildman–Crippen LogP) is 3.66. The van der Waals surface area contributed by atoms with E-state index in [2.05, 4.69) is 34.5 Å². The van der Waals surface area contributed by atoms with Crippen LogP contribution in [0.15, 0.2) is 60.7 Å². The first-order valence-corrected chi connectivity index (χ1v) is 9.17. The van der Waals surface area contributed by atoms with E-state index in [0.717, 1.165) is 38.0 Å². The molecule has 136 valence electrons. The largest absolute Gasteiger partial charge is 0.353 e. The first-order valence-electron chi connectivity index (χ1n) is 9.17. The third kappa shape index (κ3) is 5.81. The van der Waals surface area contributed by atoms with E-state index < -0.39 is 0 Å². The van der Waals surface area contributed by atoms with E-state index >= 15 is 0 Å². The van der Waals surface area contributed by atoms with Gasteiger partial charge in [-0.05, 0) is 36.1 Å². The van der Waals surface area contributed by atoms with Crippen LogP contribution in [0.5, 0.6) is 0 Å².